The zero-order chi connectivity index (χ0) is 23.4. The molecule has 2 aromatic carbocycles. The minimum atomic E-state index is -0.618. The highest BCUT2D eigenvalue weighted by Gasteiger charge is 2.36. The van der Waals surface area contributed by atoms with Crippen molar-refractivity contribution in [2.45, 2.75) is 26.6 Å². The molecule has 0 radical (unpaired) electrons. The Kier molecular flexibility index (Phi) is 8.87. The minimum Gasteiger partial charge on any atom is -0.487 e. The summed E-state index contributed by atoms with van der Waals surface area (Å²) in [5.41, 5.74) is 1.63. The monoisotopic (exact) mass is 697 g/mol. The van der Waals surface area contributed by atoms with Gasteiger partial charge in [0.25, 0.3) is 11.1 Å². The molecule has 10 heteroatoms. The molecule has 1 aliphatic heterocycles. The Balaban J connectivity index is 1.74. The maximum Gasteiger partial charge on any atom is 0.326 e. The highest BCUT2D eigenvalue weighted by Crippen LogP contribution is 2.35. The first kappa shape index (κ1) is 25.3. The quantitative estimate of drug-likeness (QED) is 0.198. The summed E-state index contributed by atoms with van der Waals surface area (Å²) in [6, 6.07) is 11.2. The van der Waals surface area contributed by atoms with Gasteiger partial charge in [-0.2, -0.15) is 0 Å². The van der Waals surface area contributed by atoms with E-state index in [1.807, 2.05) is 36.4 Å². The Hall–Kier alpha value is -1.31. The molecule has 2 amide bonds. The van der Waals surface area contributed by atoms with E-state index >= 15 is 0 Å². The number of carbonyl (C=O) groups is 3. The van der Waals surface area contributed by atoms with E-state index in [4.69, 9.17) is 21.1 Å². The summed E-state index contributed by atoms with van der Waals surface area (Å²) in [5, 5.41) is 0.146. The first-order valence-electron chi connectivity index (χ1n) is 9.45. The van der Waals surface area contributed by atoms with E-state index in [-0.39, 0.29) is 11.0 Å². The summed E-state index contributed by atoms with van der Waals surface area (Å²) < 4.78 is 12.7. The smallest absolute Gasteiger partial charge is 0.326 e. The lowest BCUT2D eigenvalue weighted by Gasteiger charge is -2.13. The second-order valence-corrected chi connectivity index (χ2v) is 10.7. The standard InChI is InChI=1S/C22H18ClI2NO5S/c1-12(2)31-19(27)10-26-21(28)18(32-22(26)29)9-13-7-16(24)20(17(25)8-13)30-11-14-5-3-4-6-15(14)23/h3-9,12H,10-11H2,1-2H3/b18-9+. The second kappa shape index (κ2) is 11.2. The van der Waals surface area contributed by atoms with Crippen LogP contribution >= 0.6 is 68.5 Å². The highest BCUT2D eigenvalue weighted by atomic mass is 127. The van der Waals surface area contributed by atoms with Crippen LogP contribution in [0.4, 0.5) is 4.79 Å². The largest absolute Gasteiger partial charge is 0.487 e. The number of amides is 2. The van der Waals surface area contributed by atoms with Gasteiger partial charge < -0.3 is 9.47 Å². The van der Waals surface area contributed by atoms with E-state index in [0.717, 1.165) is 34.9 Å². The number of carbonyl (C=O) groups excluding carboxylic acids is 3. The van der Waals surface area contributed by atoms with Crippen molar-refractivity contribution in [3.05, 3.63) is 64.6 Å². The summed E-state index contributed by atoms with van der Waals surface area (Å²) in [5.74, 6) is -0.412. The number of imide groups is 1. The van der Waals surface area contributed by atoms with E-state index in [1.165, 1.54) is 0 Å². The average molecular weight is 698 g/mol. The molecule has 1 fully saturated rings. The van der Waals surface area contributed by atoms with Gasteiger partial charge in [-0.1, -0.05) is 29.8 Å². The fourth-order valence-electron chi connectivity index (χ4n) is 2.78. The van der Waals surface area contributed by atoms with Gasteiger partial charge in [-0.15, -0.1) is 0 Å². The average Bonchev–Trinajstić information content (AvgIpc) is 2.95. The second-order valence-electron chi connectivity index (χ2n) is 7.00. The number of rotatable bonds is 7. The topological polar surface area (TPSA) is 72.9 Å². The summed E-state index contributed by atoms with van der Waals surface area (Å²) in [6.45, 7) is 3.34. The molecule has 0 aliphatic carbocycles. The highest BCUT2D eigenvalue weighted by molar-refractivity contribution is 14.1. The van der Waals surface area contributed by atoms with E-state index < -0.39 is 23.7 Å². The summed E-state index contributed by atoms with van der Waals surface area (Å²) in [4.78, 5) is 37.9. The number of esters is 1. The normalized spacial score (nSPS) is 15.1. The van der Waals surface area contributed by atoms with Gasteiger partial charge in [0.15, 0.2) is 0 Å². The third-order valence-corrected chi connectivity index (χ3v) is 7.05. The van der Waals surface area contributed by atoms with E-state index in [2.05, 4.69) is 45.2 Å². The minimum absolute atomic E-state index is 0.253. The van der Waals surface area contributed by atoms with Crippen molar-refractivity contribution in [1.82, 2.24) is 4.90 Å². The molecule has 1 aliphatic rings. The third-order valence-electron chi connectivity index (χ3n) is 4.18. The molecule has 1 saturated heterocycles. The van der Waals surface area contributed by atoms with Crippen LogP contribution in [0.1, 0.15) is 25.0 Å². The number of nitrogens with zero attached hydrogens (tertiary/aromatic N) is 1. The molecule has 32 heavy (non-hydrogen) atoms. The van der Waals surface area contributed by atoms with Crippen molar-refractivity contribution in [3.8, 4) is 5.75 Å². The molecular formula is C22H18ClI2NO5S. The summed E-state index contributed by atoms with van der Waals surface area (Å²) in [7, 11) is 0. The zero-order valence-electron chi connectivity index (χ0n) is 17.1. The molecule has 6 nitrogen and oxygen atoms in total. The molecule has 0 N–H and O–H groups in total. The molecule has 0 atom stereocenters. The predicted octanol–water partition coefficient (Wildman–Crippen LogP) is 6.12. The number of halogens is 3. The fourth-order valence-corrected chi connectivity index (χ4v) is 5.94. The Labute approximate surface area is 222 Å². The van der Waals surface area contributed by atoms with Crippen LogP contribution in [-0.4, -0.2) is 34.7 Å². The first-order chi connectivity index (χ1) is 15.2. The van der Waals surface area contributed by atoms with Gasteiger partial charge in [0.1, 0.15) is 18.9 Å². The SMILES string of the molecule is CC(C)OC(=O)CN1C(=O)S/C(=C/c2cc(I)c(OCc3ccccc3Cl)c(I)c2)C1=O. The van der Waals surface area contributed by atoms with Gasteiger partial charge in [-0.05, 0) is 101 Å². The molecule has 3 rings (SSSR count). The molecule has 0 unspecified atom stereocenters. The van der Waals surface area contributed by atoms with Crippen LogP contribution in [-0.2, 0) is 20.9 Å². The van der Waals surface area contributed by atoms with Crippen molar-refractivity contribution < 1.29 is 23.9 Å². The summed E-state index contributed by atoms with van der Waals surface area (Å²) >= 11 is 11.3. The Morgan fingerprint density at radius 1 is 1.19 bits per heavy atom. The van der Waals surface area contributed by atoms with Gasteiger partial charge in [-0.25, -0.2) is 0 Å². The van der Waals surface area contributed by atoms with Crippen LogP contribution in [0.25, 0.3) is 6.08 Å². The van der Waals surface area contributed by atoms with Crippen LogP contribution < -0.4 is 4.74 Å². The maximum atomic E-state index is 12.6. The first-order valence-corrected chi connectivity index (χ1v) is 12.8. The van der Waals surface area contributed by atoms with Crippen molar-refractivity contribution >= 4 is 91.7 Å². The Morgan fingerprint density at radius 3 is 2.47 bits per heavy atom. The van der Waals surface area contributed by atoms with E-state index in [9.17, 15) is 14.4 Å². The van der Waals surface area contributed by atoms with Gasteiger partial charge in [-0.3, -0.25) is 19.3 Å². The molecule has 2 aromatic rings. The van der Waals surface area contributed by atoms with E-state index in [1.54, 1.807) is 19.9 Å². The Morgan fingerprint density at radius 2 is 1.84 bits per heavy atom. The van der Waals surface area contributed by atoms with Gasteiger partial charge >= 0.3 is 5.97 Å². The lowest BCUT2D eigenvalue weighted by molar-refractivity contribution is -0.149. The molecule has 0 spiro atoms. The molecule has 0 bridgehead atoms. The number of benzene rings is 2. The van der Waals surface area contributed by atoms with Crippen molar-refractivity contribution in [1.29, 1.82) is 0 Å². The van der Waals surface area contributed by atoms with Crippen LogP contribution in [0, 0.1) is 7.14 Å². The molecule has 0 saturated carbocycles. The van der Waals surface area contributed by atoms with Gasteiger partial charge in [0.2, 0.25) is 0 Å². The number of hydrogen-bond donors (Lipinski definition) is 0. The van der Waals surface area contributed by atoms with Crippen molar-refractivity contribution in [3.63, 3.8) is 0 Å². The maximum absolute atomic E-state index is 12.6. The zero-order valence-corrected chi connectivity index (χ0v) is 23.0. The summed E-state index contributed by atoms with van der Waals surface area (Å²) in [6.07, 6.45) is 1.32. The van der Waals surface area contributed by atoms with Crippen LogP contribution in [0.15, 0.2) is 41.3 Å². The van der Waals surface area contributed by atoms with Crippen molar-refractivity contribution in [2.75, 3.05) is 6.54 Å². The Bertz CT molecular complexity index is 1080. The molecular weight excluding hydrogens is 680 g/mol. The molecule has 0 aromatic heterocycles. The molecule has 1 heterocycles. The third kappa shape index (κ3) is 6.39. The van der Waals surface area contributed by atoms with Gasteiger partial charge in [0, 0.05) is 10.6 Å². The van der Waals surface area contributed by atoms with Gasteiger partial charge in [0.05, 0.1) is 18.1 Å². The predicted molar refractivity (Wildman–Crippen MR) is 142 cm³/mol. The van der Waals surface area contributed by atoms with Crippen molar-refractivity contribution in [2.24, 2.45) is 0 Å². The number of thioether (sulfide) groups is 1. The van der Waals surface area contributed by atoms with E-state index in [0.29, 0.717) is 17.4 Å². The fraction of sp³-hybridized carbons (Fsp3) is 0.227. The van der Waals surface area contributed by atoms with Crippen LogP contribution in [0.2, 0.25) is 5.02 Å². The number of ether oxygens (including phenoxy) is 2. The molecule has 168 valence electrons. The van der Waals surface area contributed by atoms with Crippen LogP contribution in [0.3, 0.4) is 0 Å². The lowest BCUT2D eigenvalue weighted by atomic mass is 10.2. The number of hydrogen-bond acceptors (Lipinski definition) is 6. The van der Waals surface area contributed by atoms with Crippen LogP contribution in [0.5, 0.6) is 5.75 Å². The lowest BCUT2D eigenvalue weighted by Crippen LogP contribution is -2.35.